The van der Waals surface area contributed by atoms with Crippen molar-refractivity contribution in [2.24, 2.45) is 0 Å². The number of carbonyl (C=O) groups excluding carboxylic acids is 1. The number of aliphatic hydroxyl groups excluding tert-OH is 11. The van der Waals surface area contributed by atoms with E-state index in [-0.39, 0.29) is 18.9 Å². The molecule has 19 nitrogen and oxygen atoms in total. The van der Waals surface area contributed by atoms with E-state index in [9.17, 15) is 61.0 Å². The molecule has 0 saturated carbocycles. The van der Waals surface area contributed by atoms with Gasteiger partial charge in [-0.2, -0.15) is 0 Å². The maximum Gasteiger partial charge on any atom is 0.220 e. The second-order valence-electron chi connectivity index (χ2n) is 19.3. The number of hydrogen-bond acceptors (Lipinski definition) is 18. The minimum atomic E-state index is -1.98. The Labute approximate surface area is 433 Å². The Hall–Kier alpha value is -2.51. The summed E-state index contributed by atoms with van der Waals surface area (Å²) < 4.78 is 34.1. The second-order valence-corrected chi connectivity index (χ2v) is 19.3. The first-order valence-electron chi connectivity index (χ1n) is 27.0. The van der Waals surface area contributed by atoms with Crippen molar-refractivity contribution in [3.63, 3.8) is 0 Å². The van der Waals surface area contributed by atoms with Crippen LogP contribution in [0.3, 0.4) is 0 Å². The van der Waals surface area contributed by atoms with Crippen LogP contribution in [-0.2, 0) is 33.2 Å². The standard InChI is InChI=1S/C54H93NO18/c1-3-5-7-9-11-13-15-17-19-21-23-25-27-29-31-38(59)37(55-42(60)32-30-28-26-24-22-20-18-16-14-12-10-8-6-4-2)36-68-52-48(66)45(63)50(40(34-57)70-52)73-54-49(67)46(64)51(41(35-58)71-54)72-53-47(65)44(62)43(61)39(33-56)69-53/h10,12-13,15-16,18,21,23,29,31,37-41,43-54,56-59,61-67H,3-9,11,14,17,19-20,22,24-28,30,32-36H2,1-2H3,(H,55,60)/b12-10-,15-13+,18-16-,23-21+,31-29+. The molecular formula is C54H93NO18. The summed E-state index contributed by atoms with van der Waals surface area (Å²) in [6.45, 7) is 1.57. The van der Waals surface area contributed by atoms with E-state index in [1.807, 2.05) is 6.08 Å². The first-order chi connectivity index (χ1) is 35.3. The molecule has 3 rings (SSSR count). The molecule has 3 heterocycles. The minimum absolute atomic E-state index is 0.213. The van der Waals surface area contributed by atoms with Gasteiger partial charge in [0.05, 0.1) is 38.6 Å². The van der Waals surface area contributed by atoms with Crippen LogP contribution in [0.25, 0.3) is 0 Å². The van der Waals surface area contributed by atoms with Gasteiger partial charge in [-0.25, -0.2) is 0 Å². The summed E-state index contributed by atoms with van der Waals surface area (Å²) in [5, 5.41) is 120. The molecule has 0 aromatic carbocycles. The number of rotatable bonds is 37. The van der Waals surface area contributed by atoms with E-state index in [2.05, 4.69) is 67.8 Å². The highest BCUT2D eigenvalue weighted by molar-refractivity contribution is 5.76. The van der Waals surface area contributed by atoms with Crippen molar-refractivity contribution in [1.82, 2.24) is 5.32 Å². The third kappa shape index (κ3) is 23.3. The summed E-state index contributed by atoms with van der Waals surface area (Å²) in [6, 6.07) is -1.00. The van der Waals surface area contributed by atoms with Gasteiger partial charge in [0.25, 0.3) is 0 Å². The van der Waals surface area contributed by atoms with Crippen LogP contribution in [-0.4, -0.2) is 193 Å². The Morgan fingerprint density at radius 2 is 0.932 bits per heavy atom. The van der Waals surface area contributed by atoms with Crippen molar-refractivity contribution in [1.29, 1.82) is 0 Å². The molecule has 3 aliphatic rings. The van der Waals surface area contributed by atoms with Crippen molar-refractivity contribution in [3.8, 4) is 0 Å². The van der Waals surface area contributed by atoms with E-state index in [1.165, 1.54) is 38.5 Å². The van der Waals surface area contributed by atoms with Crippen LogP contribution in [0, 0.1) is 0 Å². The molecule has 0 aromatic heterocycles. The fourth-order valence-corrected chi connectivity index (χ4v) is 8.71. The second kappa shape index (κ2) is 38.1. The molecule has 19 heteroatoms. The van der Waals surface area contributed by atoms with Gasteiger partial charge >= 0.3 is 0 Å². The van der Waals surface area contributed by atoms with Crippen LogP contribution in [0.4, 0.5) is 0 Å². The van der Waals surface area contributed by atoms with Crippen molar-refractivity contribution < 1.29 is 89.4 Å². The average Bonchev–Trinajstić information content (AvgIpc) is 3.39. The summed E-state index contributed by atoms with van der Waals surface area (Å²) in [5.74, 6) is -0.309. The Kier molecular flexibility index (Phi) is 33.8. The van der Waals surface area contributed by atoms with Crippen LogP contribution < -0.4 is 5.32 Å². The first-order valence-corrected chi connectivity index (χ1v) is 27.0. The Morgan fingerprint density at radius 1 is 0.493 bits per heavy atom. The molecule has 0 aliphatic carbocycles. The molecule has 0 spiro atoms. The molecule has 12 N–H and O–H groups in total. The van der Waals surface area contributed by atoms with Crippen molar-refractivity contribution in [2.45, 2.75) is 247 Å². The quantitative estimate of drug-likeness (QED) is 0.0315. The number of unbranched alkanes of at least 4 members (excludes halogenated alkanes) is 13. The molecule has 73 heavy (non-hydrogen) atoms. The highest BCUT2D eigenvalue weighted by atomic mass is 16.8. The maximum atomic E-state index is 13.2. The molecule has 3 fully saturated rings. The van der Waals surface area contributed by atoms with Crippen LogP contribution in [0.15, 0.2) is 60.8 Å². The zero-order chi connectivity index (χ0) is 53.4. The summed E-state index contributed by atoms with van der Waals surface area (Å²) in [4.78, 5) is 13.2. The number of nitrogens with one attached hydrogen (secondary N) is 1. The molecule has 1 amide bonds. The molecule has 0 bridgehead atoms. The lowest BCUT2D eigenvalue weighted by Crippen LogP contribution is -2.66. The lowest BCUT2D eigenvalue weighted by molar-refractivity contribution is -0.379. The fourth-order valence-electron chi connectivity index (χ4n) is 8.71. The molecule has 0 radical (unpaired) electrons. The molecule has 422 valence electrons. The van der Waals surface area contributed by atoms with Crippen LogP contribution in [0.5, 0.6) is 0 Å². The molecular weight excluding hydrogens is 951 g/mol. The highest BCUT2D eigenvalue weighted by Gasteiger charge is 2.53. The zero-order valence-electron chi connectivity index (χ0n) is 43.3. The number of aliphatic hydroxyl groups is 11. The molecule has 17 atom stereocenters. The SMILES string of the molecule is CCCC/C=C\C/C=C\CCCCCCCC(=O)NC(COC1OC(CO)C(OC2OC(CO)C(OC3OC(CO)C(O)C(O)C3O)C(O)C2O)C(O)C1O)C(O)/C=C/CC/C=C/CC/C=C/CCCCCC. The number of hydrogen-bond donors (Lipinski definition) is 12. The molecule has 17 unspecified atom stereocenters. The third-order valence-electron chi connectivity index (χ3n) is 13.3. The maximum absolute atomic E-state index is 13.2. The number of carbonyl (C=O) groups is 1. The average molecular weight is 1040 g/mol. The van der Waals surface area contributed by atoms with E-state index < -0.39 is 124 Å². The van der Waals surface area contributed by atoms with Gasteiger partial charge in [0, 0.05) is 6.42 Å². The molecule has 0 aromatic rings. The van der Waals surface area contributed by atoms with Crippen molar-refractivity contribution in [3.05, 3.63) is 60.8 Å². The largest absolute Gasteiger partial charge is 0.394 e. The van der Waals surface area contributed by atoms with E-state index >= 15 is 0 Å². The van der Waals surface area contributed by atoms with Gasteiger partial charge in [-0.15, -0.1) is 0 Å². The van der Waals surface area contributed by atoms with Crippen molar-refractivity contribution >= 4 is 5.91 Å². The smallest absolute Gasteiger partial charge is 0.220 e. The molecule has 3 aliphatic heterocycles. The first kappa shape index (κ1) is 64.8. The van der Waals surface area contributed by atoms with Gasteiger partial charge in [-0.3, -0.25) is 4.79 Å². The summed E-state index contributed by atoms with van der Waals surface area (Å²) >= 11 is 0. The summed E-state index contributed by atoms with van der Waals surface area (Å²) in [6.07, 6.45) is 13.6. The Bertz CT molecular complexity index is 1580. The minimum Gasteiger partial charge on any atom is -0.394 e. The summed E-state index contributed by atoms with van der Waals surface area (Å²) in [7, 11) is 0. The third-order valence-corrected chi connectivity index (χ3v) is 13.3. The predicted octanol–water partition coefficient (Wildman–Crippen LogP) is 2.92. The van der Waals surface area contributed by atoms with E-state index in [0.717, 1.165) is 70.6 Å². The zero-order valence-corrected chi connectivity index (χ0v) is 43.3. The van der Waals surface area contributed by atoms with Gasteiger partial charge in [0.1, 0.15) is 73.2 Å². The van der Waals surface area contributed by atoms with E-state index in [1.54, 1.807) is 6.08 Å². The van der Waals surface area contributed by atoms with Gasteiger partial charge < -0.3 is 89.9 Å². The Balaban J connectivity index is 1.57. The predicted molar refractivity (Wildman–Crippen MR) is 272 cm³/mol. The highest BCUT2D eigenvalue weighted by Crippen LogP contribution is 2.33. The van der Waals surface area contributed by atoms with E-state index in [0.29, 0.717) is 12.8 Å². The van der Waals surface area contributed by atoms with Gasteiger partial charge in [0.15, 0.2) is 18.9 Å². The molecule has 3 saturated heterocycles. The monoisotopic (exact) mass is 1040 g/mol. The fraction of sp³-hybridized carbons (Fsp3) is 0.796. The topological polar surface area (TPSA) is 307 Å². The summed E-state index contributed by atoms with van der Waals surface area (Å²) in [5.41, 5.74) is 0. The van der Waals surface area contributed by atoms with Crippen molar-refractivity contribution in [2.75, 3.05) is 26.4 Å². The van der Waals surface area contributed by atoms with Gasteiger partial charge in [0.2, 0.25) is 5.91 Å². The van der Waals surface area contributed by atoms with Gasteiger partial charge in [-0.1, -0.05) is 126 Å². The van der Waals surface area contributed by atoms with Crippen LogP contribution in [0.2, 0.25) is 0 Å². The lowest BCUT2D eigenvalue weighted by atomic mass is 9.96. The van der Waals surface area contributed by atoms with E-state index in [4.69, 9.17) is 28.4 Å². The van der Waals surface area contributed by atoms with Crippen LogP contribution >= 0.6 is 0 Å². The normalized spacial score (nSPS) is 32.2. The lowest BCUT2D eigenvalue weighted by Gasteiger charge is -2.48. The number of amides is 1. The van der Waals surface area contributed by atoms with Crippen LogP contribution in [0.1, 0.15) is 142 Å². The van der Waals surface area contributed by atoms with Gasteiger partial charge in [-0.05, 0) is 70.6 Å². The number of ether oxygens (including phenoxy) is 6. The number of allylic oxidation sites excluding steroid dienone is 9. The Morgan fingerprint density at radius 3 is 1.49 bits per heavy atom.